The number of carbonyl (C=O) groups is 1. The lowest BCUT2D eigenvalue weighted by Crippen LogP contribution is -2.42. The first kappa shape index (κ1) is 19.7. The molecule has 2 aromatic heterocycles. The molecular weight excluding hydrogens is 388 g/mol. The number of aryl methyl sites for hydroxylation is 2. The summed E-state index contributed by atoms with van der Waals surface area (Å²) >= 11 is 0. The van der Waals surface area contributed by atoms with Gasteiger partial charge in [-0.25, -0.2) is 0 Å². The smallest absolute Gasteiger partial charge is 0.287 e. The lowest BCUT2D eigenvalue weighted by molar-refractivity contribution is -0.0290. The van der Waals surface area contributed by atoms with Crippen LogP contribution in [0.1, 0.15) is 27.4 Å². The Kier molecular flexibility index (Phi) is 5.36. The molecule has 0 radical (unpaired) electrons. The van der Waals surface area contributed by atoms with Gasteiger partial charge in [-0.1, -0.05) is 0 Å². The number of hydrogen-bond acceptors (Lipinski definition) is 7. The van der Waals surface area contributed by atoms with Gasteiger partial charge >= 0.3 is 0 Å². The van der Waals surface area contributed by atoms with E-state index in [0.29, 0.717) is 18.9 Å². The Balaban J connectivity index is 1.33. The van der Waals surface area contributed by atoms with Crippen molar-refractivity contribution >= 4 is 5.91 Å². The molecule has 9 nitrogen and oxygen atoms in total. The third-order valence-corrected chi connectivity index (χ3v) is 6.04. The second-order valence-corrected chi connectivity index (χ2v) is 8.32. The highest BCUT2D eigenvalue weighted by molar-refractivity contribution is 5.95. The maximum Gasteiger partial charge on any atom is 0.287 e. The number of nitrogens with one attached hydrogen (secondary N) is 1. The summed E-state index contributed by atoms with van der Waals surface area (Å²) in [7, 11) is 2.11. The summed E-state index contributed by atoms with van der Waals surface area (Å²) in [6, 6.07) is 0. The van der Waals surface area contributed by atoms with Gasteiger partial charge in [-0.3, -0.25) is 9.48 Å². The number of ether oxygens (including phenoxy) is 3. The topological polar surface area (TPSA) is 91.0 Å². The van der Waals surface area contributed by atoms with Crippen molar-refractivity contribution in [3.05, 3.63) is 28.8 Å². The molecule has 0 aromatic carbocycles. The number of nitrogens with zero attached hydrogens (tertiary/aromatic N) is 3. The number of morpholine rings is 1. The predicted molar refractivity (Wildman–Crippen MR) is 107 cm³/mol. The molecular formula is C21H28N4O5. The zero-order chi connectivity index (χ0) is 20.7. The van der Waals surface area contributed by atoms with E-state index in [1.54, 1.807) is 0 Å². The van der Waals surface area contributed by atoms with Crippen LogP contribution in [0.5, 0.6) is 0 Å². The summed E-state index contributed by atoms with van der Waals surface area (Å²) in [5.74, 6) is 0.972. The highest BCUT2D eigenvalue weighted by atomic mass is 16.7. The molecule has 2 atom stereocenters. The van der Waals surface area contributed by atoms with Crippen molar-refractivity contribution in [1.82, 2.24) is 20.0 Å². The molecule has 4 heterocycles. The van der Waals surface area contributed by atoms with Crippen LogP contribution < -0.4 is 5.32 Å². The Hall–Kier alpha value is -2.20. The molecule has 30 heavy (non-hydrogen) atoms. The van der Waals surface area contributed by atoms with Crippen molar-refractivity contribution in [3.8, 4) is 11.3 Å². The number of aromatic nitrogens is 2. The quantitative estimate of drug-likeness (QED) is 0.777. The van der Waals surface area contributed by atoms with Crippen molar-refractivity contribution in [2.45, 2.75) is 38.5 Å². The van der Waals surface area contributed by atoms with E-state index in [4.69, 9.17) is 23.7 Å². The molecule has 2 saturated heterocycles. The maximum absolute atomic E-state index is 12.7. The van der Waals surface area contributed by atoms with Crippen molar-refractivity contribution in [2.24, 2.45) is 0 Å². The fourth-order valence-electron chi connectivity index (χ4n) is 4.44. The van der Waals surface area contributed by atoms with E-state index in [0.717, 1.165) is 61.7 Å². The molecule has 5 rings (SSSR count). The van der Waals surface area contributed by atoms with Crippen LogP contribution in [0.2, 0.25) is 0 Å². The van der Waals surface area contributed by atoms with Gasteiger partial charge in [0.2, 0.25) is 0 Å². The average molecular weight is 416 g/mol. The van der Waals surface area contributed by atoms with Crippen LogP contribution in [0.3, 0.4) is 0 Å². The zero-order valence-electron chi connectivity index (χ0n) is 17.5. The number of furan rings is 1. The lowest BCUT2D eigenvalue weighted by atomic mass is 9.93. The Morgan fingerprint density at radius 1 is 1.30 bits per heavy atom. The van der Waals surface area contributed by atoms with Crippen LogP contribution in [-0.2, 0) is 33.6 Å². The predicted octanol–water partition coefficient (Wildman–Crippen LogP) is 0.983. The minimum atomic E-state index is -0.225. The lowest BCUT2D eigenvalue weighted by Gasteiger charge is -2.29. The minimum absolute atomic E-state index is 0.109. The number of likely N-dealkylation sites (N-methyl/N-ethyl adjacent to an activating group) is 1. The minimum Gasteiger partial charge on any atom is -0.455 e. The Morgan fingerprint density at radius 2 is 2.20 bits per heavy atom. The monoisotopic (exact) mass is 416 g/mol. The van der Waals surface area contributed by atoms with Crippen molar-refractivity contribution < 1.29 is 23.4 Å². The second-order valence-electron chi connectivity index (χ2n) is 8.32. The first-order valence-corrected chi connectivity index (χ1v) is 10.5. The van der Waals surface area contributed by atoms with Crippen LogP contribution in [-0.4, -0.2) is 79.5 Å². The molecule has 3 aliphatic rings. The Morgan fingerprint density at radius 3 is 3.00 bits per heavy atom. The fourth-order valence-corrected chi connectivity index (χ4v) is 4.44. The molecule has 0 spiro atoms. The van der Waals surface area contributed by atoms with Gasteiger partial charge in [-0.05, 0) is 26.0 Å². The zero-order valence-corrected chi connectivity index (χ0v) is 17.5. The summed E-state index contributed by atoms with van der Waals surface area (Å²) in [6.45, 7) is 6.45. The van der Waals surface area contributed by atoms with E-state index in [9.17, 15) is 4.79 Å². The molecule has 2 fully saturated rings. The number of fused-ring (bicyclic) bond motifs is 3. The molecule has 2 aliphatic heterocycles. The molecule has 2 aromatic rings. The molecule has 162 valence electrons. The molecule has 9 heteroatoms. The first-order chi connectivity index (χ1) is 14.6. The van der Waals surface area contributed by atoms with Gasteiger partial charge in [0.15, 0.2) is 5.76 Å². The van der Waals surface area contributed by atoms with Crippen LogP contribution >= 0.6 is 0 Å². The van der Waals surface area contributed by atoms with Crippen molar-refractivity contribution in [3.63, 3.8) is 0 Å². The molecule has 1 amide bonds. The maximum atomic E-state index is 12.7. The second kappa shape index (κ2) is 8.14. The highest BCUT2D eigenvalue weighted by Crippen LogP contribution is 2.38. The van der Waals surface area contributed by atoms with E-state index in [1.165, 1.54) is 5.56 Å². The van der Waals surface area contributed by atoms with E-state index in [-0.39, 0.29) is 24.9 Å². The van der Waals surface area contributed by atoms with E-state index in [1.807, 2.05) is 11.6 Å². The summed E-state index contributed by atoms with van der Waals surface area (Å²) in [5.41, 5.74) is 3.92. The number of rotatable bonds is 5. The summed E-state index contributed by atoms with van der Waals surface area (Å²) in [5, 5.41) is 7.74. The Bertz CT molecular complexity index is 930. The standard InChI is InChI=1S/C21H28N4O5/c1-13-18-17(30-20(13)21(26)22-7-15-11-27-12-29-15)4-3-14-8-25(23-19(14)18)10-16-9-24(2)5-6-28-16/h8,15-16H,3-7,9-12H2,1-2H3,(H,22,26)/t15-,16+/m1/s1. The fraction of sp³-hybridized carbons (Fsp3) is 0.619. The van der Waals surface area contributed by atoms with E-state index < -0.39 is 0 Å². The van der Waals surface area contributed by atoms with Gasteiger partial charge < -0.3 is 28.8 Å². The molecule has 0 saturated carbocycles. The highest BCUT2D eigenvalue weighted by Gasteiger charge is 2.30. The SMILES string of the molecule is Cc1c(C(=O)NC[C@@H]2COCO2)oc2c1-c1nn(C[C@@H]3CN(C)CCO3)cc1CC2. The van der Waals surface area contributed by atoms with Crippen LogP contribution in [0.15, 0.2) is 10.6 Å². The van der Waals surface area contributed by atoms with Gasteiger partial charge in [0.1, 0.15) is 18.7 Å². The normalized spacial score (nSPS) is 23.9. The molecule has 0 bridgehead atoms. The van der Waals surface area contributed by atoms with Crippen LogP contribution in [0.4, 0.5) is 0 Å². The molecule has 1 aliphatic carbocycles. The van der Waals surface area contributed by atoms with E-state index in [2.05, 4.69) is 23.5 Å². The molecule has 1 N–H and O–H groups in total. The largest absolute Gasteiger partial charge is 0.455 e. The third kappa shape index (κ3) is 3.78. The van der Waals surface area contributed by atoms with Crippen LogP contribution in [0.25, 0.3) is 11.3 Å². The van der Waals surface area contributed by atoms with Gasteiger partial charge in [0.25, 0.3) is 5.91 Å². The third-order valence-electron chi connectivity index (χ3n) is 6.04. The first-order valence-electron chi connectivity index (χ1n) is 10.5. The number of hydrogen-bond donors (Lipinski definition) is 1. The summed E-state index contributed by atoms with van der Waals surface area (Å²) < 4.78 is 24.4. The molecule has 0 unspecified atom stereocenters. The van der Waals surface area contributed by atoms with Crippen LogP contribution in [0, 0.1) is 6.92 Å². The summed E-state index contributed by atoms with van der Waals surface area (Å²) in [4.78, 5) is 15.0. The van der Waals surface area contributed by atoms with Gasteiger partial charge in [-0.2, -0.15) is 5.10 Å². The number of amides is 1. The Labute approximate surface area is 175 Å². The van der Waals surface area contributed by atoms with Crippen molar-refractivity contribution in [2.75, 3.05) is 46.7 Å². The average Bonchev–Trinajstić information content (AvgIpc) is 3.44. The summed E-state index contributed by atoms with van der Waals surface area (Å²) in [6.07, 6.45) is 3.76. The van der Waals surface area contributed by atoms with Gasteiger partial charge in [-0.15, -0.1) is 0 Å². The van der Waals surface area contributed by atoms with Gasteiger partial charge in [0, 0.05) is 43.4 Å². The van der Waals surface area contributed by atoms with Crippen molar-refractivity contribution in [1.29, 1.82) is 0 Å². The number of carbonyl (C=O) groups excluding carboxylic acids is 1. The van der Waals surface area contributed by atoms with E-state index >= 15 is 0 Å². The van der Waals surface area contributed by atoms with Gasteiger partial charge in [0.05, 0.1) is 31.6 Å².